The van der Waals surface area contributed by atoms with Gasteiger partial charge in [-0.2, -0.15) is 5.10 Å². The fourth-order valence-electron chi connectivity index (χ4n) is 2.42. The number of methoxy groups -OCH3 is 1. The van der Waals surface area contributed by atoms with E-state index in [-0.39, 0.29) is 0 Å². The zero-order valence-electron chi connectivity index (χ0n) is 13.9. The molecule has 1 saturated heterocycles. The lowest BCUT2D eigenvalue weighted by molar-refractivity contribution is 0.120. The maximum absolute atomic E-state index is 5.76. The Kier molecular flexibility index (Phi) is 5.86. The first kappa shape index (κ1) is 17.2. The van der Waals surface area contributed by atoms with Crippen molar-refractivity contribution in [2.24, 2.45) is 5.10 Å². The van der Waals surface area contributed by atoms with E-state index in [2.05, 4.69) is 20.7 Å². The van der Waals surface area contributed by atoms with Crippen LogP contribution in [0.25, 0.3) is 0 Å². The van der Waals surface area contributed by atoms with E-state index >= 15 is 0 Å². The Bertz CT molecular complexity index is 741. The van der Waals surface area contributed by atoms with Crippen LogP contribution in [0.15, 0.2) is 45.9 Å². The lowest BCUT2D eigenvalue weighted by Gasteiger charge is -2.26. The molecule has 1 aliphatic rings. The second kappa shape index (κ2) is 8.50. The molecule has 25 heavy (non-hydrogen) atoms. The molecule has 0 unspecified atom stereocenters. The highest BCUT2D eigenvalue weighted by atomic mass is 32.1. The van der Waals surface area contributed by atoms with E-state index in [1.807, 2.05) is 36.4 Å². The maximum atomic E-state index is 5.76. The van der Waals surface area contributed by atoms with Crippen molar-refractivity contribution in [1.29, 1.82) is 0 Å². The van der Waals surface area contributed by atoms with E-state index in [9.17, 15) is 0 Å². The molecule has 3 rings (SSSR count). The highest BCUT2D eigenvalue weighted by Crippen LogP contribution is 2.22. The van der Waals surface area contributed by atoms with Gasteiger partial charge in [0.1, 0.15) is 11.5 Å². The van der Waals surface area contributed by atoms with E-state index < -0.39 is 0 Å². The van der Waals surface area contributed by atoms with Gasteiger partial charge in [0, 0.05) is 19.2 Å². The molecule has 7 nitrogen and oxygen atoms in total. The Balaban J connectivity index is 1.52. The summed E-state index contributed by atoms with van der Waals surface area (Å²) < 4.78 is 16.4. The maximum Gasteiger partial charge on any atom is 0.196 e. The van der Waals surface area contributed by atoms with Gasteiger partial charge in [-0.1, -0.05) is 12.1 Å². The molecule has 8 heteroatoms. The first-order chi connectivity index (χ1) is 12.3. The Morgan fingerprint density at radius 1 is 1.24 bits per heavy atom. The van der Waals surface area contributed by atoms with Crippen molar-refractivity contribution in [2.45, 2.75) is 0 Å². The molecule has 0 spiro atoms. The summed E-state index contributed by atoms with van der Waals surface area (Å²) in [6.07, 6.45) is 1.58. The molecule has 1 aromatic carbocycles. The molecule has 1 fully saturated rings. The van der Waals surface area contributed by atoms with Gasteiger partial charge in [0.2, 0.25) is 0 Å². The molecular formula is C17H20N4O3S. The average molecular weight is 360 g/mol. The number of hydrogen-bond acceptors (Lipinski definition) is 6. The summed E-state index contributed by atoms with van der Waals surface area (Å²) in [6, 6.07) is 11.3. The van der Waals surface area contributed by atoms with Crippen LogP contribution in [0.5, 0.6) is 5.75 Å². The number of benzene rings is 1. The molecule has 2 N–H and O–H groups in total. The molecule has 0 amide bonds. The largest absolute Gasteiger partial charge is 0.495 e. The van der Waals surface area contributed by atoms with E-state index in [1.54, 1.807) is 13.3 Å². The van der Waals surface area contributed by atoms with Gasteiger partial charge in [0.25, 0.3) is 0 Å². The predicted molar refractivity (Wildman–Crippen MR) is 102 cm³/mol. The summed E-state index contributed by atoms with van der Waals surface area (Å²) in [5, 5.41) is 7.49. The zero-order chi connectivity index (χ0) is 17.5. The van der Waals surface area contributed by atoms with Crippen LogP contribution in [0.3, 0.4) is 0 Å². The van der Waals surface area contributed by atoms with Crippen LogP contribution in [-0.4, -0.2) is 44.7 Å². The van der Waals surface area contributed by atoms with Crippen LogP contribution >= 0.6 is 12.2 Å². The van der Waals surface area contributed by atoms with Gasteiger partial charge in [0.15, 0.2) is 11.0 Å². The molecule has 1 aromatic heterocycles. The van der Waals surface area contributed by atoms with Crippen LogP contribution in [0.1, 0.15) is 5.76 Å². The van der Waals surface area contributed by atoms with Crippen LogP contribution < -0.4 is 20.4 Å². The van der Waals surface area contributed by atoms with Crippen molar-refractivity contribution < 1.29 is 13.9 Å². The fraction of sp³-hybridized carbons (Fsp3) is 0.294. The van der Waals surface area contributed by atoms with Crippen molar-refractivity contribution in [3.63, 3.8) is 0 Å². The standard InChI is InChI=1S/C17H20N4O3S/c1-22-15-5-3-2-4-14(15)19-17(25)20-18-12-13-6-7-16(24-13)21-8-10-23-11-9-21/h2-7,12H,8-11H2,1H3,(H2,19,20,25)/b18-12-. The first-order valence-corrected chi connectivity index (χ1v) is 8.32. The summed E-state index contributed by atoms with van der Waals surface area (Å²) in [5.74, 6) is 2.17. The smallest absolute Gasteiger partial charge is 0.196 e. The number of rotatable bonds is 5. The second-order valence-corrected chi connectivity index (χ2v) is 5.71. The number of furan rings is 1. The molecular weight excluding hydrogens is 340 g/mol. The van der Waals surface area contributed by atoms with Crippen LogP contribution in [0.2, 0.25) is 0 Å². The topological polar surface area (TPSA) is 71.3 Å². The zero-order valence-corrected chi connectivity index (χ0v) is 14.7. The minimum Gasteiger partial charge on any atom is -0.495 e. The Morgan fingerprint density at radius 3 is 2.84 bits per heavy atom. The van der Waals surface area contributed by atoms with E-state index in [1.165, 1.54) is 0 Å². The van der Waals surface area contributed by atoms with Crippen molar-refractivity contribution >= 4 is 35.1 Å². The highest BCUT2D eigenvalue weighted by Gasteiger charge is 2.14. The third kappa shape index (κ3) is 4.71. The first-order valence-electron chi connectivity index (χ1n) is 7.92. The third-order valence-corrected chi connectivity index (χ3v) is 3.84. The van der Waals surface area contributed by atoms with E-state index in [0.29, 0.717) is 29.8 Å². The van der Waals surface area contributed by atoms with Gasteiger partial charge in [-0.05, 0) is 30.4 Å². The lowest BCUT2D eigenvalue weighted by atomic mass is 10.3. The van der Waals surface area contributed by atoms with Gasteiger partial charge in [0.05, 0.1) is 32.2 Å². The normalized spacial score (nSPS) is 14.5. The molecule has 0 radical (unpaired) electrons. The van der Waals surface area contributed by atoms with Crippen LogP contribution in [-0.2, 0) is 4.74 Å². The molecule has 0 saturated carbocycles. The fourth-order valence-corrected chi connectivity index (χ4v) is 2.58. The number of para-hydroxylation sites is 2. The minimum absolute atomic E-state index is 0.362. The predicted octanol–water partition coefficient (Wildman–Crippen LogP) is 2.45. The summed E-state index contributed by atoms with van der Waals surface area (Å²) in [6.45, 7) is 3.09. The third-order valence-electron chi connectivity index (χ3n) is 3.65. The summed E-state index contributed by atoms with van der Waals surface area (Å²) in [4.78, 5) is 2.14. The van der Waals surface area contributed by atoms with Gasteiger partial charge in [-0.15, -0.1) is 0 Å². The van der Waals surface area contributed by atoms with Crippen molar-refractivity contribution in [3.05, 3.63) is 42.2 Å². The lowest BCUT2D eigenvalue weighted by Crippen LogP contribution is -2.35. The SMILES string of the molecule is COc1ccccc1NC(=S)N/N=C\c1ccc(N2CCOCC2)o1. The number of ether oxygens (including phenoxy) is 2. The molecule has 0 aliphatic carbocycles. The minimum atomic E-state index is 0.362. The second-order valence-electron chi connectivity index (χ2n) is 5.30. The molecule has 1 aliphatic heterocycles. The summed E-state index contributed by atoms with van der Waals surface area (Å²) >= 11 is 5.22. The Labute approximate surface area is 151 Å². The Hall–Kier alpha value is -2.58. The Morgan fingerprint density at radius 2 is 2.04 bits per heavy atom. The molecule has 132 valence electrons. The number of hydrogen-bond donors (Lipinski definition) is 2. The number of thiocarbonyl (C=S) groups is 1. The van der Waals surface area contributed by atoms with Crippen molar-refractivity contribution in [3.8, 4) is 5.75 Å². The number of morpholine rings is 1. The van der Waals surface area contributed by atoms with Gasteiger partial charge >= 0.3 is 0 Å². The van der Waals surface area contributed by atoms with Gasteiger partial charge < -0.3 is 24.1 Å². The quantitative estimate of drug-likeness (QED) is 0.482. The van der Waals surface area contributed by atoms with Crippen molar-refractivity contribution in [1.82, 2.24) is 5.43 Å². The average Bonchev–Trinajstić information content (AvgIpc) is 3.12. The summed E-state index contributed by atoms with van der Waals surface area (Å²) in [5.41, 5.74) is 3.53. The number of hydrazone groups is 1. The monoisotopic (exact) mass is 360 g/mol. The molecule has 2 heterocycles. The number of nitrogens with one attached hydrogen (secondary N) is 2. The van der Waals surface area contributed by atoms with Crippen LogP contribution in [0, 0.1) is 0 Å². The van der Waals surface area contributed by atoms with Crippen molar-refractivity contribution in [2.75, 3.05) is 43.6 Å². The number of nitrogens with zero attached hydrogens (tertiary/aromatic N) is 2. The van der Waals surface area contributed by atoms with Crippen LogP contribution in [0.4, 0.5) is 11.6 Å². The molecule has 2 aromatic rings. The molecule has 0 bridgehead atoms. The molecule has 0 atom stereocenters. The van der Waals surface area contributed by atoms with E-state index in [4.69, 9.17) is 26.1 Å². The highest BCUT2D eigenvalue weighted by molar-refractivity contribution is 7.80. The van der Waals surface area contributed by atoms with E-state index in [0.717, 1.165) is 24.7 Å². The summed E-state index contributed by atoms with van der Waals surface area (Å²) in [7, 11) is 1.61. The van der Waals surface area contributed by atoms with Gasteiger partial charge in [-0.25, -0.2) is 0 Å². The number of anilines is 2. The van der Waals surface area contributed by atoms with Gasteiger partial charge in [-0.3, -0.25) is 5.43 Å².